The average Bonchev–Trinajstić information content (AvgIpc) is 2.93. The predicted octanol–water partition coefficient (Wildman–Crippen LogP) is 2.39. The maximum absolute atomic E-state index is 11.8. The first-order valence-corrected chi connectivity index (χ1v) is 8.07. The zero-order chi connectivity index (χ0) is 14.6. The summed E-state index contributed by atoms with van der Waals surface area (Å²) in [5, 5.41) is 7.84. The predicted molar refractivity (Wildman–Crippen MR) is 75.2 cm³/mol. The van der Waals surface area contributed by atoms with Gasteiger partial charge in [0.05, 0.1) is 6.10 Å². The van der Waals surface area contributed by atoms with Crippen LogP contribution in [0, 0.1) is 0 Å². The fourth-order valence-electron chi connectivity index (χ4n) is 2.67. The van der Waals surface area contributed by atoms with Crippen molar-refractivity contribution in [2.45, 2.75) is 36.9 Å². The average molecular weight is 298 g/mol. The lowest BCUT2D eigenvalue weighted by atomic mass is 9.91. The topological polar surface area (TPSA) is 83.8 Å². The molecule has 6 heteroatoms. The van der Waals surface area contributed by atoms with Crippen LogP contribution in [0.2, 0.25) is 0 Å². The zero-order valence-electron chi connectivity index (χ0n) is 11.1. The van der Waals surface area contributed by atoms with E-state index >= 15 is 0 Å². The van der Waals surface area contributed by atoms with Crippen molar-refractivity contribution in [2.75, 3.05) is 6.61 Å². The lowest BCUT2D eigenvalue weighted by Crippen LogP contribution is -2.33. The monoisotopic (exact) mass is 298 g/mol. The van der Waals surface area contributed by atoms with Crippen molar-refractivity contribution in [3.63, 3.8) is 0 Å². The van der Waals surface area contributed by atoms with Gasteiger partial charge in [0.2, 0.25) is 8.03 Å². The molecule has 1 fully saturated rings. The van der Waals surface area contributed by atoms with E-state index in [4.69, 9.17) is 4.74 Å². The minimum Gasteiger partial charge on any atom is -0.480 e. The number of hydrogen-bond donors (Lipinski definition) is 2. The molecule has 1 heterocycles. The summed E-state index contributed by atoms with van der Waals surface area (Å²) in [6.45, 7) is 0.685. The number of carboxylic acid groups (broad SMARTS) is 1. The van der Waals surface area contributed by atoms with Crippen molar-refractivity contribution in [1.29, 1.82) is 0 Å². The van der Waals surface area contributed by atoms with Crippen LogP contribution in [-0.2, 0) is 19.3 Å². The molecule has 3 unspecified atom stereocenters. The molecule has 20 heavy (non-hydrogen) atoms. The molecule has 0 aliphatic carbocycles. The lowest BCUT2D eigenvalue weighted by molar-refractivity contribution is -0.141. The molecule has 0 saturated carbocycles. The minimum absolute atomic E-state index is 0.00112. The highest BCUT2D eigenvalue weighted by atomic mass is 31.1. The number of ether oxygens (including phenoxy) is 1. The Labute approximate surface area is 118 Å². The molecule has 0 bridgehead atoms. The lowest BCUT2D eigenvalue weighted by Gasteiger charge is -2.28. The van der Waals surface area contributed by atoms with Gasteiger partial charge in [-0.25, -0.2) is 0 Å². The number of aliphatic carboxylic acids is 1. The van der Waals surface area contributed by atoms with Crippen molar-refractivity contribution in [2.24, 2.45) is 0 Å². The molecule has 1 aromatic carbocycles. The summed E-state index contributed by atoms with van der Waals surface area (Å²) >= 11 is 0. The van der Waals surface area contributed by atoms with Crippen LogP contribution in [0.15, 0.2) is 30.3 Å². The Morgan fingerprint density at radius 1 is 1.40 bits per heavy atom. The van der Waals surface area contributed by atoms with Crippen LogP contribution in [0.5, 0.6) is 0 Å². The summed E-state index contributed by atoms with van der Waals surface area (Å²) in [6.07, 6.45) is 2.45. The van der Waals surface area contributed by atoms with E-state index in [-0.39, 0.29) is 12.5 Å². The second kappa shape index (κ2) is 6.53. The van der Waals surface area contributed by atoms with E-state index in [1.165, 1.54) is 0 Å². The highest BCUT2D eigenvalue weighted by Gasteiger charge is 2.46. The third-order valence-corrected chi connectivity index (χ3v) is 5.34. The van der Waals surface area contributed by atoms with Gasteiger partial charge in [-0.2, -0.15) is 0 Å². The molecule has 2 rings (SSSR count). The van der Waals surface area contributed by atoms with Crippen molar-refractivity contribution in [3.05, 3.63) is 35.9 Å². The Hall–Kier alpha value is -1.16. The minimum atomic E-state index is -3.28. The second-order valence-corrected chi connectivity index (χ2v) is 6.52. The maximum atomic E-state index is 11.8. The van der Waals surface area contributed by atoms with Crippen molar-refractivity contribution in [3.8, 4) is 0 Å². The molecule has 0 radical (unpaired) electrons. The molecular weight excluding hydrogens is 279 g/mol. The molecule has 5 nitrogen and oxygen atoms in total. The van der Waals surface area contributed by atoms with Crippen LogP contribution in [0.3, 0.4) is 0 Å². The Morgan fingerprint density at radius 3 is 2.60 bits per heavy atom. The number of carbonyl (C=O) groups is 1. The van der Waals surface area contributed by atoms with Crippen LogP contribution in [0.1, 0.15) is 31.2 Å². The molecule has 1 aliphatic rings. The van der Waals surface area contributed by atoms with E-state index in [1.54, 1.807) is 30.3 Å². The first-order valence-electron chi connectivity index (χ1n) is 6.71. The van der Waals surface area contributed by atoms with E-state index in [0.717, 1.165) is 12.8 Å². The molecule has 110 valence electrons. The number of carboxylic acids is 1. The van der Waals surface area contributed by atoms with Gasteiger partial charge in [-0.05, 0) is 31.2 Å². The zero-order valence-corrected chi connectivity index (χ0v) is 12.1. The third-order valence-electron chi connectivity index (χ3n) is 3.86. The summed E-state index contributed by atoms with van der Waals surface area (Å²) in [4.78, 5) is 21.4. The quantitative estimate of drug-likeness (QED) is 0.788. The maximum Gasteiger partial charge on any atom is 0.323 e. The normalized spacial score (nSPS) is 23.1. The van der Waals surface area contributed by atoms with Gasteiger partial charge in [-0.15, -0.1) is 0 Å². The second-order valence-electron chi connectivity index (χ2n) is 5.06. The van der Waals surface area contributed by atoms with E-state index in [0.29, 0.717) is 18.6 Å². The Balaban J connectivity index is 2.27. The van der Waals surface area contributed by atoms with E-state index in [1.807, 2.05) is 0 Å². The fourth-order valence-corrected chi connectivity index (χ4v) is 3.62. The molecule has 3 atom stereocenters. The molecule has 0 aromatic heterocycles. The molecule has 1 aliphatic heterocycles. The Morgan fingerprint density at radius 2 is 2.10 bits per heavy atom. The smallest absolute Gasteiger partial charge is 0.323 e. The van der Waals surface area contributed by atoms with Crippen molar-refractivity contribution < 1.29 is 24.1 Å². The fraction of sp³-hybridized carbons (Fsp3) is 0.500. The molecule has 0 spiro atoms. The van der Waals surface area contributed by atoms with Crippen molar-refractivity contribution >= 4 is 14.0 Å². The third kappa shape index (κ3) is 2.95. The summed E-state index contributed by atoms with van der Waals surface area (Å²) in [7, 11) is -3.28. The number of hydrogen-bond acceptors (Lipinski definition) is 3. The van der Waals surface area contributed by atoms with Gasteiger partial charge in [-0.1, -0.05) is 30.3 Å². The van der Waals surface area contributed by atoms with E-state index in [9.17, 15) is 19.4 Å². The molecule has 1 saturated heterocycles. The van der Waals surface area contributed by atoms with Gasteiger partial charge in [0.25, 0.3) is 0 Å². The largest absolute Gasteiger partial charge is 0.480 e. The van der Waals surface area contributed by atoms with Crippen molar-refractivity contribution in [1.82, 2.24) is 0 Å². The summed E-state index contributed by atoms with van der Waals surface area (Å²) in [5.41, 5.74) is 0.386. The van der Waals surface area contributed by atoms with Crippen LogP contribution >= 0.6 is 8.03 Å². The van der Waals surface area contributed by atoms with Gasteiger partial charge in [0.15, 0.2) is 5.16 Å². The van der Waals surface area contributed by atoms with Crippen LogP contribution in [-0.4, -0.2) is 28.7 Å². The van der Waals surface area contributed by atoms with Gasteiger partial charge in [0, 0.05) is 6.61 Å². The standard InChI is InChI=1S/C14H19O5P/c15-13(16)14(20(17)18,11-5-2-1-3-6-11)9-8-12-7-4-10-19-12/h1-3,5-6,12,20H,4,7-10H2,(H,15,16)(H,17,18). The Kier molecular flexibility index (Phi) is 4.97. The highest BCUT2D eigenvalue weighted by molar-refractivity contribution is 7.41. The summed E-state index contributed by atoms with van der Waals surface area (Å²) < 4.78 is 17.3. The number of rotatable bonds is 6. The Bertz CT molecular complexity index is 468. The molecule has 2 N–H and O–H groups in total. The van der Waals surface area contributed by atoms with E-state index in [2.05, 4.69) is 0 Å². The van der Waals surface area contributed by atoms with Crippen LogP contribution in [0.4, 0.5) is 0 Å². The summed E-state index contributed by atoms with van der Waals surface area (Å²) in [6, 6.07) is 8.32. The summed E-state index contributed by atoms with van der Waals surface area (Å²) in [5.74, 6) is -1.24. The molecular formula is C14H19O5P. The van der Waals surface area contributed by atoms with Gasteiger partial charge >= 0.3 is 5.97 Å². The SMILES string of the molecule is O=C(O)C(CCC1CCCO1)(c1ccccc1)[PH](=O)O. The molecule has 1 aromatic rings. The van der Waals surface area contributed by atoms with Crippen LogP contribution < -0.4 is 0 Å². The molecule has 0 amide bonds. The number of benzene rings is 1. The first kappa shape index (κ1) is 15.2. The highest BCUT2D eigenvalue weighted by Crippen LogP contribution is 2.49. The first-order chi connectivity index (χ1) is 9.57. The van der Waals surface area contributed by atoms with Crippen LogP contribution in [0.25, 0.3) is 0 Å². The van der Waals surface area contributed by atoms with Gasteiger partial charge in [0.1, 0.15) is 0 Å². The van der Waals surface area contributed by atoms with Gasteiger partial charge in [-0.3, -0.25) is 9.36 Å². The van der Waals surface area contributed by atoms with Gasteiger partial charge < -0.3 is 14.7 Å². The van der Waals surface area contributed by atoms with E-state index < -0.39 is 19.2 Å².